The smallest absolute Gasteiger partial charge is 0.175 e. The number of nitrogens with zero attached hydrogens (tertiary/aromatic N) is 6. The summed E-state index contributed by atoms with van der Waals surface area (Å²) in [6.45, 7) is 3.90. The molecule has 6 heterocycles. The fraction of sp³-hybridized carbons (Fsp3) is 0.533. The number of aliphatic hydroxyl groups is 1. The van der Waals surface area contributed by atoms with Crippen LogP contribution in [0.15, 0.2) is 46.7 Å². The van der Waals surface area contributed by atoms with E-state index in [1.807, 2.05) is 24.5 Å². The van der Waals surface area contributed by atoms with Crippen LogP contribution in [-0.4, -0.2) is 77.8 Å². The number of hydrogen-bond acceptors (Lipinski definition) is 12. The molecule has 12 heteroatoms. The molecule has 1 aliphatic carbocycles. The molecule has 0 bridgehead atoms. The van der Waals surface area contributed by atoms with Crippen molar-refractivity contribution in [2.75, 3.05) is 56.6 Å². The summed E-state index contributed by atoms with van der Waals surface area (Å²) >= 11 is 1.49. The lowest BCUT2D eigenvalue weighted by molar-refractivity contribution is -0.0414. The van der Waals surface area contributed by atoms with Crippen LogP contribution in [0.25, 0.3) is 0 Å². The number of anilines is 2. The van der Waals surface area contributed by atoms with Gasteiger partial charge in [0.15, 0.2) is 17.4 Å². The predicted molar refractivity (Wildman–Crippen MR) is 158 cm³/mol. The summed E-state index contributed by atoms with van der Waals surface area (Å²) in [4.78, 5) is 24.4. The Bertz CT molecular complexity index is 1440. The molecule has 1 spiro atoms. The van der Waals surface area contributed by atoms with E-state index in [1.54, 1.807) is 13.3 Å². The van der Waals surface area contributed by atoms with Crippen molar-refractivity contribution >= 4 is 23.4 Å². The Labute approximate surface area is 249 Å². The van der Waals surface area contributed by atoms with Crippen molar-refractivity contribution < 1.29 is 19.3 Å². The first-order valence-corrected chi connectivity index (χ1v) is 15.4. The van der Waals surface area contributed by atoms with Crippen molar-refractivity contribution in [2.45, 2.75) is 54.3 Å². The molecule has 3 aliphatic heterocycles. The second-order valence-electron chi connectivity index (χ2n) is 11.7. The number of aromatic nitrogens is 4. The molecule has 3 aromatic rings. The van der Waals surface area contributed by atoms with Crippen LogP contribution < -0.4 is 20.3 Å². The predicted octanol–water partition coefficient (Wildman–Crippen LogP) is 2.96. The lowest BCUT2D eigenvalue weighted by Gasteiger charge is -2.42. The molecule has 4 aliphatic rings. The third-order valence-corrected chi connectivity index (χ3v) is 10.2. The summed E-state index contributed by atoms with van der Waals surface area (Å²) in [6.07, 6.45) is 9.29. The molecular weight excluding hydrogens is 554 g/mol. The zero-order valence-electron chi connectivity index (χ0n) is 23.8. The van der Waals surface area contributed by atoms with Gasteiger partial charge in [-0.05, 0) is 48.8 Å². The maximum Gasteiger partial charge on any atom is 0.175 e. The Morgan fingerprint density at radius 3 is 2.86 bits per heavy atom. The van der Waals surface area contributed by atoms with Gasteiger partial charge >= 0.3 is 0 Å². The van der Waals surface area contributed by atoms with Gasteiger partial charge in [0.2, 0.25) is 0 Å². The van der Waals surface area contributed by atoms with Gasteiger partial charge in [-0.1, -0.05) is 17.8 Å². The highest BCUT2D eigenvalue weighted by Crippen LogP contribution is 2.50. The number of fused-ring (bicyclic) bond motifs is 4. The topological polar surface area (TPSA) is 132 Å². The minimum atomic E-state index is -0.180. The van der Waals surface area contributed by atoms with E-state index in [0.717, 1.165) is 73.3 Å². The molecule has 3 aromatic heterocycles. The van der Waals surface area contributed by atoms with E-state index in [-0.39, 0.29) is 24.1 Å². The number of nitrogens with two attached hydrogens (primary N) is 1. The molecule has 0 amide bonds. The highest BCUT2D eigenvalue weighted by molar-refractivity contribution is 7.99. The second kappa shape index (κ2) is 11.6. The van der Waals surface area contributed by atoms with Crippen molar-refractivity contribution in [3.8, 4) is 5.75 Å². The number of piperidine rings is 1. The van der Waals surface area contributed by atoms with Gasteiger partial charge in [-0.25, -0.2) is 15.0 Å². The summed E-state index contributed by atoms with van der Waals surface area (Å²) < 4.78 is 16.9. The first kappa shape index (κ1) is 27.8. The zero-order chi connectivity index (χ0) is 28.7. The van der Waals surface area contributed by atoms with E-state index in [4.69, 9.17) is 29.9 Å². The Morgan fingerprint density at radius 2 is 2.05 bits per heavy atom. The van der Waals surface area contributed by atoms with Crippen molar-refractivity contribution in [1.29, 1.82) is 0 Å². The molecule has 11 nitrogen and oxygen atoms in total. The molecule has 3 N–H and O–H groups in total. The summed E-state index contributed by atoms with van der Waals surface area (Å²) in [5.41, 5.74) is 9.67. The van der Waals surface area contributed by atoms with Gasteiger partial charge in [0.25, 0.3) is 0 Å². The lowest BCUT2D eigenvalue weighted by Crippen LogP contribution is -2.45. The largest absolute Gasteiger partial charge is 0.486 e. The normalized spacial score (nSPS) is 23.9. The number of ether oxygens (including phenoxy) is 3. The molecule has 0 radical (unpaired) electrons. The van der Waals surface area contributed by atoms with E-state index in [1.165, 1.54) is 17.3 Å². The Morgan fingerprint density at radius 1 is 1.17 bits per heavy atom. The number of methoxy groups -OCH3 is 1. The second-order valence-corrected chi connectivity index (χ2v) is 12.8. The number of pyridine rings is 2. The average molecular weight is 592 g/mol. The minimum Gasteiger partial charge on any atom is -0.486 e. The molecular formula is C30H37N7O4S. The van der Waals surface area contributed by atoms with Crippen molar-refractivity contribution in [3.05, 3.63) is 53.7 Å². The van der Waals surface area contributed by atoms with Gasteiger partial charge in [-0.15, -0.1) is 0 Å². The van der Waals surface area contributed by atoms with E-state index < -0.39 is 0 Å². The molecule has 2 saturated heterocycles. The first-order chi connectivity index (χ1) is 20.6. The average Bonchev–Trinajstić information content (AvgIpc) is 3.56. The molecule has 222 valence electrons. The highest BCUT2D eigenvalue weighted by atomic mass is 32.2. The fourth-order valence-electron chi connectivity index (χ4n) is 7.11. The van der Waals surface area contributed by atoms with Crippen molar-refractivity contribution in [3.63, 3.8) is 0 Å². The Kier molecular flexibility index (Phi) is 7.65. The summed E-state index contributed by atoms with van der Waals surface area (Å²) in [6, 6.07) is 6.34. The first-order valence-electron chi connectivity index (χ1n) is 14.6. The molecule has 0 aromatic carbocycles. The van der Waals surface area contributed by atoms with E-state index in [9.17, 15) is 5.11 Å². The molecule has 42 heavy (non-hydrogen) atoms. The van der Waals surface area contributed by atoms with E-state index >= 15 is 0 Å². The summed E-state index contributed by atoms with van der Waals surface area (Å²) in [5, 5.41) is 11.0. The minimum absolute atomic E-state index is 0.00440. The number of aliphatic hydroxyl groups excluding tert-OH is 1. The maximum absolute atomic E-state index is 10.3. The van der Waals surface area contributed by atoms with Crippen LogP contribution in [0.4, 0.5) is 11.6 Å². The van der Waals surface area contributed by atoms with Gasteiger partial charge in [-0.2, -0.15) is 0 Å². The van der Waals surface area contributed by atoms with E-state index in [2.05, 4.69) is 25.8 Å². The third kappa shape index (κ3) is 4.98. The number of hydrogen-bond donors (Lipinski definition) is 2. The monoisotopic (exact) mass is 591 g/mol. The molecule has 3 atom stereocenters. The molecule has 2 fully saturated rings. The van der Waals surface area contributed by atoms with Gasteiger partial charge in [0.1, 0.15) is 24.1 Å². The summed E-state index contributed by atoms with van der Waals surface area (Å²) in [7, 11) is 1.64. The van der Waals surface area contributed by atoms with Crippen molar-refractivity contribution in [1.82, 2.24) is 19.9 Å². The van der Waals surface area contributed by atoms with Gasteiger partial charge in [-0.3, -0.25) is 4.98 Å². The third-order valence-electron chi connectivity index (χ3n) is 9.26. The van der Waals surface area contributed by atoms with Crippen LogP contribution in [-0.2, 0) is 22.5 Å². The van der Waals surface area contributed by atoms with Crippen LogP contribution in [0.3, 0.4) is 0 Å². The zero-order valence-corrected chi connectivity index (χ0v) is 24.6. The standard InChI is InChI=1S/C30H37N7O4S/c1-39-18-40-16-19-11-20-17-41-26-24(4-8-33-29(26)37(20)14-19)42-25-13-34-28(23(15-38)35-25)36-9-5-30(6-10-36)12-22-21(27(30)31)3-2-7-32-22/h2-4,7-8,13,19-20,27,38H,5-6,9-12,14-18,31H2,1H3/t19?,20-,27+/m0/s1. The SMILES string of the molecule is COCOCC1C[C@H]2COc3c(Sc4cnc(N5CCC6(CC5)Cc5ncccc5[C@H]6N)c(CO)n4)ccnc3N2C1. The fourth-order valence-corrected chi connectivity index (χ4v) is 7.97. The van der Waals surface area contributed by atoms with Crippen LogP contribution in [0, 0.1) is 11.3 Å². The van der Waals surface area contributed by atoms with Gasteiger partial charge < -0.3 is 34.9 Å². The number of rotatable bonds is 8. The van der Waals surface area contributed by atoms with E-state index in [0.29, 0.717) is 36.6 Å². The van der Waals surface area contributed by atoms with Crippen molar-refractivity contribution in [2.24, 2.45) is 17.1 Å². The summed E-state index contributed by atoms with van der Waals surface area (Å²) in [5.74, 6) is 2.79. The quantitative estimate of drug-likeness (QED) is 0.295. The Hall–Kier alpha value is -3.03. The van der Waals surface area contributed by atoms with Crippen LogP contribution in [0.2, 0.25) is 0 Å². The molecule has 7 rings (SSSR count). The van der Waals surface area contributed by atoms with Gasteiger partial charge in [0.05, 0.1) is 30.3 Å². The lowest BCUT2D eigenvalue weighted by atomic mass is 9.73. The van der Waals surface area contributed by atoms with Crippen LogP contribution in [0.1, 0.15) is 42.3 Å². The highest BCUT2D eigenvalue weighted by Gasteiger charge is 2.47. The Balaban J connectivity index is 1.04. The van der Waals surface area contributed by atoms with Crippen LogP contribution in [0.5, 0.6) is 5.75 Å². The molecule has 0 saturated carbocycles. The van der Waals surface area contributed by atoms with Gasteiger partial charge in [0, 0.05) is 56.8 Å². The molecule has 1 unspecified atom stereocenters. The van der Waals surface area contributed by atoms with Crippen LogP contribution >= 0.6 is 11.8 Å². The maximum atomic E-state index is 10.3.